The minimum Gasteiger partial charge on any atom is -0.491 e. The average molecular weight is 214 g/mol. The second-order valence-corrected chi connectivity index (χ2v) is 3.61. The molecule has 0 radical (unpaired) electrons. The summed E-state index contributed by atoms with van der Waals surface area (Å²) in [6, 6.07) is 5.19. The summed E-state index contributed by atoms with van der Waals surface area (Å²) in [6.45, 7) is 2.29. The largest absolute Gasteiger partial charge is 0.491 e. The molecule has 0 aliphatic carbocycles. The van der Waals surface area contributed by atoms with Gasteiger partial charge in [-0.3, -0.25) is 0 Å². The van der Waals surface area contributed by atoms with Crippen molar-refractivity contribution in [1.82, 2.24) is 0 Å². The molecule has 1 rings (SSSR count). The van der Waals surface area contributed by atoms with Crippen LogP contribution < -0.4 is 4.74 Å². The van der Waals surface area contributed by atoms with Crippen LogP contribution in [0.4, 0.5) is 4.39 Å². The molecule has 78 valence electrons. The van der Waals surface area contributed by atoms with E-state index in [1.54, 1.807) is 25.1 Å². The molecule has 0 aromatic heterocycles. The lowest BCUT2D eigenvalue weighted by Crippen LogP contribution is -2.00. The monoisotopic (exact) mass is 214 g/mol. The molecule has 1 nitrogen and oxygen atoms in total. The van der Waals surface area contributed by atoms with Crippen molar-refractivity contribution in [3.63, 3.8) is 0 Å². The molecule has 0 fully saturated rings. The van der Waals surface area contributed by atoms with Gasteiger partial charge >= 0.3 is 0 Å². The number of halogens is 1. The first-order chi connectivity index (χ1) is 6.75. The van der Waals surface area contributed by atoms with Gasteiger partial charge in [-0.25, -0.2) is 4.39 Å². The van der Waals surface area contributed by atoms with Crippen molar-refractivity contribution in [2.24, 2.45) is 0 Å². The Kier molecular flexibility index (Phi) is 4.80. The number of benzene rings is 1. The van der Waals surface area contributed by atoms with Gasteiger partial charge in [0.2, 0.25) is 0 Å². The van der Waals surface area contributed by atoms with E-state index in [-0.39, 0.29) is 5.82 Å². The van der Waals surface area contributed by atoms with Crippen LogP contribution in [-0.4, -0.2) is 12.4 Å². The molecule has 0 aliphatic heterocycles. The maximum Gasteiger partial charge on any atom is 0.167 e. The Labute approximate surface area is 89.7 Å². The van der Waals surface area contributed by atoms with Crippen LogP contribution in [0.5, 0.6) is 5.75 Å². The second-order valence-electron chi connectivity index (χ2n) is 3.17. The number of hydrogen-bond acceptors (Lipinski definition) is 2. The lowest BCUT2D eigenvalue weighted by Gasteiger charge is -2.07. The van der Waals surface area contributed by atoms with Gasteiger partial charge in [0.15, 0.2) is 11.6 Å². The highest BCUT2D eigenvalue weighted by Gasteiger charge is 2.04. The maximum absolute atomic E-state index is 13.4. The van der Waals surface area contributed by atoms with Crippen LogP contribution in [0.1, 0.15) is 18.4 Å². The van der Waals surface area contributed by atoms with E-state index in [2.05, 4.69) is 12.6 Å². The molecule has 14 heavy (non-hydrogen) atoms. The first-order valence-electron chi connectivity index (χ1n) is 4.74. The lowest BCUT2D eigenvalue weighted by molar-refractivity contribution is 0.294. The minimum absolute atomic E-state index is 0.252. The smallest absolute Gasteiger partial charge is 0.167 e. The normalized spacial score (nSPS) is 10.2. The predicted octanol–water partition coefficient (Wildman–Crippen LogP) is 3.22. The van der Waals surface area contributed by atoms with E-state index in [1.165, 1.54) is 0 Å². The number of aryl methyl sites for hydroxylation is 1. The van der Waals surface area contributed by atoms with Crippen LogP contribution in [0, 0.1) is 12.7 Å². The van der Waals surface area contributed by atoms with Gasteiger partial charge in [-0.1, -0.05) is 12.1 Å². The molecule has 0 atom stereocenters. The van der Waals surface area contributed by atoms with E-state index >= 15 is 0 Å². The number of thiol groups is 1. The molecule has 1 aromatic rings. The van der Waals surface area contributed by atoms with Crippen LogP contribution in [0.15, 0.2) is 18.2 Å². The maximum atomic E-state index is 13.4. The summed E-state index contributed by atoms with van der Waals surface area (Å²) in [4.78, 5) is 0. The number of hydrogen-bond donors (Lipinski definition) is 1. The Hall–Kier alpha value is -0.700. The van der Waals surface area contributed by atoms with Crippen molar-refractivity contribution < 1.29 is 9.13 Å². The van der Waals surface area contributed by atoms with Crippen LogP contribution in [0.25, 0.3) is 0 Å². The predicted molar refractivity (Wildman–Crippen MR) is 59.7 cm³/mol. The third-order valence-electron chi connectivity index (χ3n) is 1.97. The van der Waals surface area contributed by atoms with E-state index in [4.69, 9.17) is 4.74 Å². The summed E-state index contributed by atoms with van der Waals surface area (Å²) in [5.41, 5.74) is 0.622. The lowest BCUT2D eigenvalue weighted by atomic mass is 10.2. The molecule has 0 N–H and O–H groups in total. The van der Waals surface area contributed by atoms with Gasteiger partial charge in [0.1, 0.15) is 0 Å². The first-order valence-corrected chi connectivity index (χ1v) is 5.37. The summed E-state index contributed by atoms with van der Waals surface area (Å²) < 4.78 is 18.7. The SMILES string of the molecule is Cc1cccc(OCCCCS)c1F. The van der Waals surface area contributed by atoms with Crippen molar-refractivity contribution in [2.45, 2.75) is 19.8 Å². The number of rotatable bonds is 5. The van der Waals surface area contributed by atoms with E-state index in [0.717, 1.165) is 18.6 Å². The summed E-state index contributed by atoms with van der Waals surface area (Å²) >= 11 is 4.09. The van der Waals surface area contributed by atoms with Crippen LogP contribution in [0.2, 0.25) is 0 Å². The highest BCUT2D eigenvalue weighted by molar-refractivity contribution is 7.80. The summed E-state index contributed by atoms with van der Waals surface area (Å²) in [5.74, 6) is 0.946. The van der Waals surface area contributed by atoms with Gasteiger partial charge in [-0.05, 0) is 37.1 Å². The topological polar surface area (TPSA) is 9.23 Å². The van der Waals surface area contributed by atoms with Crippen molar-refractivity contribution in [1.29, 1.82) is 0 Å². The standard InChI is InChI=1S/C11H15FOS/c1-9-5-4-6-10(11(9)12)13-7-2-3-8-14/h4-6,14H,2-3,7-8H2,1H3. The van der Waals surface area contributed by atoms with Crippen molar-refractivity contribution in [3.05, 3.63) is 29.6 Å². The Morgan fingerprint density at radius 3 is 2.86 bits per heavy atom. The average Bonchev–Trinajstić information content (AvgIpc) is 2.19. The van der Waals surface area contributed by atoms with Crippen LogP contribution >= 0.6 is 12.6 Å². The van der Waals surface area contributed by atoms with E-state index in [9.17, 15) is 4.39 Å². The molecule has 0 spiro atoms. The molecule has 0 unspecified atom stereocenters. The number of ether oxygens (including phenoxy) is 1. The van der Waals surface area contributed by atoms with Gasteiger partial charge < -0.3 is 4.74 Å². The van der Waals surface area contributed by atoms with Gasteiger partial charge in [-0.15, -0.1) is 0 Å². The summed E-state index contributed by atoms with van der Waals surface area (Å²) in [7, 11) is 0. The second kappa shape index (κ2) is 5.91. The molecule has 0 heterocycles. The third-order valence-corrected chi connectivity index (χ3v) is 2.28. The summed E-state index contributed by atoms with van der Waals surface area (Å²) in [6.07, 6.45) is 1.91. The van der Waals surface area contributed by atoms with Gasteiger partial charge in [0, 0.05) is 0 Å². The zero-order chi connectivity index (χ0) is 10.4. The Morgan fingerprint density at radius 2 is 2.14 bits per heavy atom. The van der Waals surface area contributed by atoms with Crippen LogP contribution in [-0.2, 0) is 0 Å². The summed E-state index contributed by atoms with van der Waals surface area (Å²) in [5, 5.41) is 0. The Morgan fingerprint density at radius 1 is 1.36 bits per heavy atom. The third kappa shape index (κ3) is 3.22. The van der Waals surface area contributed by atoms with E-state index in [0.29, 0.717) is 17.9 Å². The Bertz CT molecular complexity index is 289. The van der Waals surface area contributed by atoms with Crippen LogP contribution in [0.3, 0.4) is 0 Å². The molecular formula is C11H15FOS. The van der Waals surface area contributed by atoms with Crippen molar-refractivity contribution in [3.8, 4) is 5.75 Å². The molecule has 3 heteroatoms. The first kappa shape index (κ1) is 11.4. The zero-order valence-electron chi connectivity index (χ0n) is 8.29. The number of unbranched alkanes of at least 4 members (excludes halogenated alkanes) is 1. The molecule has 0 saturated heterocycles. The highest BCUT2D eigenvalue weighted by Crippen LogP contribution is 2.19. The van der Waals surface area contributed by atoms with E-state index in [1.807, 2.05) is 0 Å². The highest BCUT2D eigenvalue weighted by atomic mass is 32.1. The van der Waals surface area contributed by atoms with Crippen molar-refractivity contribution >= 4 is 12.6 Å². The fourth-order valence-corrected chi connectivity index (χ4v) is 1.35. The molecule has 1 aromatic carbocycles. The van der Waals surface area contributed by atoms with Crippen molar-refractivity contribution in [2.75, 3.05) is 12.4 Å². The minimum atomic E-state index is -0.252. The molecule has 0 aliphatic rings. The molecule has 0 amide bonds. The van der Waals surface area contributed by atoms with Gasteiger partial charge in [0.25, 0.3) is 0 Å². The van der Waals surface area contributed by atoms with Gasteiger partial charge in [-0.2, -0.15) is 12.6 Å². The fraction of sp³-hybridized carbons (Fsp3) is 0.455. The molecule has 0 saturated carbocycles. The Balaban J connectivity index is 2.46. The molecule has 0 bridgehead atoms. The quantitative estimate of drug-likeness (QED) is 0.585. The zero-order valence-corrected chi connectivity index (χ0v) is 9.19. The molecular weight excluding hydrogens is 199 g/mol. The van der Waals surface area contributed by atoms with Gasteiger partial charge in [0.05, 0.1) is 6.61 Å². The van der Waals surface area contributed by atoms with E-state index < -0.39 is 0 Å². The fourth-order valence-electron chi connectivity index (χ4n) is 1.13.